The van der Waals surface area contributed by atoms with Gasteiger partial charge in [0.25, 0.3) is 0 Å². The predicted octanol–water partition coefficient (Wildman–Crippen LogP) is 3.16. The molecule has 1 nitrogen and oxygen atoms in total. The van der Waals surface area contributed by atoms with Crippen molar-refractivity contribution in [1.29, 1.82) is 0 Å². The fourth-order valence-corrected chi connectivity index (χ4v) is 1.97. The maximum absolute atomic E-state index is 5.57. The smallest absolute Gasteiger partial charge is 0.108 e. The number of hydrogen-bond donors (Lipinski definition) is 0. The van der Waals surface area contributed by atoms with E-state index in [2.05, 4.69) is 41.9 Å². The molecular formula is C10H13BrO. The van der Waals surface area contributed by atoms with Crippen LogP contribution in [0.4, 0.5) is 0 Å². The van der Waals surface area contributed by atoms with E-state index in [-0.39, 0.29) is 5.60 Å². The zero-order chi connectivity index (χ0) is 8.77. The number of rotatable bonds is 1. The van der Waals surface area contributed by atoms with E-state index in [0.29, 0.717) is 6.10 Å². The Kier molecular flexibility index (Phi) is 1.92. The Morgan fingerprint density at radius 1 is 1.42 bits per heavy atom. The van der Waals surface area contributed by atoms with Gasteiger partial charge in [-0.1, -0.05) is 28.1 Å². The van der Waals surface area contributed by atoms with Gasteiger partial charge in [0.1, 0.15) is 6.10 Å². The highest BCUT2D eigenvalue weighted by Gasteiger charge is 2.49. The Labute approximate surface area is 81.6 Å². The third-order valence-corrected chi connectivity index (χ3v) is 3.12. The van der Waals surface area contributed by atoms with E-state index in [1.807, 2.05) is 0 Å². The van der Waals surface area contributed by atoms with E-state index in [1.54, 1.807) is 0 Å². The van der Waals surface area contributed by atoms with Crippen molar-refractivity contribution in [1.82, 2.24) is 0 Å². The lowest BCUT2D eigenvalue weighted by Crippen LogP contribution is -2.07. The van der Waals surface area contributed by atoms with Gasteiger partial charge in [-0.3, -0.25) is 0 Å². The molecule has 0 spiro atoms. The van der Waals surface area contributed by atoms with Crippen molar-refractivity contribution in [2.45, 2.75) is 38.4 Å². The second kappa shape index (κ2) is 2.71. The Morgan fingerprint density at radius 3 is 2.50 bits per heavy atom. The summed E-state index contributed by atoms with van der Waals surface area (Å²) in [5.41, 5.74) is 1.55. The lowest BCUT2D eigenvalue weighted by atomic mass is 9.96. The summed E-state index contributed by atoms with van der Waals surface area (Å²) in [6.07, 6.45) is 6.98. The third-order valence-electron chi connectivity index (χ3n) is 2.46. The van der Waals surface area contributed by atoms with Gasteiger partial charge in [-0.2, -0.15) is 0 Å². The maximum atomic E-state index is 5.57. The summed E-state index contributed by atoms with van der Waals surface area (Å²) in [4.78, 5) is 0. The van der Waals surface area contributed by atoms with Crippen LogP contribution in [0, 0.1) is 0 Å². The summed E-state index contributed by atoms with van der Waals surface area (Å²) in [5, 5.41) is 0. The summed E-state index contributed by atoms with van der Waals surface area (Å²) < 4.78 is 6.86. The van der Waals surface area contributed by atoms with Crippen LogP contribution in [0.1, 0.15) is 26.7 Å². The molecule has 0 saturated carbocycles. The molecule has 0 radical (unpaired) electrons. The molecule has 1 atom stereocenters. The summed E-state index contributed by atoms with van der Waals surface area (Å²) in [6.45, 7) is 4.29. The highest BCUT2D eigenvalue weighted by molar-refractivity contribution is 9.11. The Morgan fingerprint density at radius 2 is 2.08 bits per heavy atom. The van der Waals surface area contributed by atoms with Crippen molar-refractivity contribution in [3.63, 3.8) is 0 Å². The number of halogens is 1. The van der Waals surface area contributed by atoms with Gasteiger partial charge < -0.3 is 4.74 Å². The first-order valence-corrected chi connectivity index (χ1v) is 5.12. The molecule has 1 aliphatic carbocycles. The number of epoxide rings is 1. The van der Waals surface area contributed by atoms with Crippen molar-refractivity contribution in [2.24, 2.45) is 0 Å². The van der Waals surface area contributed by atoms with Crippen LogP contribution in [0.5, 0.6) is 0 Å². The molecule has 2 aliphatic rings. The molecule has 0 aromatic rings. The monoisotopic (exact) mass is 228 g/mol. The van der Waals surface area contributed by atoms with Crippen molar-refractivity contribution in [2.75, 3.05) is 0 Å². The van der Waals surface area contributed by atoms with Crippen LogP contribution in [0.3, 0.4) is 0 Å². The van der Waals surface area contributed by atoms with Crippen LogP contribution in [-0.4, -0.2) is 11.7 Å². The number of ether oxygens (including phenoxy) is 1. The van der Waals surface area contributed by atoms with Crippen LogP contribution in [0.15, 0.2) is 22.2 Å². The molecule has 12 heavy (non-hydrogen) atoms. The molecule has 0 amide bonds. The Bertz CT molecular complexity index is 263. The minimum Gasteiger partial charge on any atom is -0.362 e. The summed E-state index contributed by atoms with van der Waals surface area (Å²) in [6, 6.07) is 0. The zero-order valence-electron chi connectivity index (χ0n) is 7.43. The second-order valence-electron chi connectivity index (χ2n) is 3.96. The normalized spacial score (nSPS) is 32.4. The van der Waals surface area contributed by atoms with Gasteiger partial charge >= 0.3 is 0 Å². The quantitative estimate of drug-likeness (QED) is 0.629. The van der Waals surface area contributed by atoms with Crippen LogP contribution < -0.4 is 0 Å². The largest absolute Gasteiger partial charge is 0.362 e. The van der Waals surface area contributed by atoms with Gasteiger partial charge in [-0.25, -0.2) is 0 Å². The van der Waals surface area contributed by atoms with E-state index in [9.17, 15) is 0 Å². The Hall–Kier alpha value is -0.0800. The number of hydrogen-bond acceptors (Lipinski definition) is 1. The van der Waals surface area contributed by atoms with E-state index >= 15 is 0 Å². The van der Waals surface area contributed by atoms with Gasteiger partial charge in [0, 0.05) is 0 Å². The van der Waals surface area contributed by atoms with Gasteiger partial charge in [0.15, 0.2) is 0 Å². The van der Waals surface area contributed by atoms with E-state index in [0.717, 1.165) is 12.8 Å². The molecule has 2 heteroatoms. The SMILES string of the molecule is CC1(C)OC1C1=CC=C(Br)CC1. The highest BCUT2D eigenvalue weighted by Crippen LogP contribution is 2.43. The first kappa shape index (κ1) is 8.52. The molecule has 0 aromatic heterocycles. The van der Waals surface area contributed by atoms with Gasteiger partial charge in [0.05, 0.1) is 5.60 Å². The van der Waals surface area contributed by atoms with Crippen molar-refractivity contribution < 1.29 is 4.74 Å². The third kappa shape index (κ3) is 1.50. The lowest BCUT2D eigenvalue weighted by Gasteiger charge is -2.09. The topological polar surface area (TPSA) is 12.5 Å². The van der Waals surface area contributed by atoms with Crippen LogP contribution in [0.2, 0.25) is 0 Å². The highest BCUT2D eigenvalue weighted by atomic mass is 79.9. The van der Waals surface area contributed by atoms with Gasteiger partial charge in [-0.15, -0.1) is 0 Å². The molecular weight excluding hydrogens is 216 g/mol. The molecule has 66 valence electrons. The van der Waals surface area contributed by atoms with Crippen LogP contribution in [-0.2, 0) is 4.74 Å². The van der Waals surface area contributed by atoms with E-state index in [1.165, 1.54) is 10.1 Å². The van der Waals surface area contributed by atoms with E-state index < -0.39 is 0 Å². The van der Waals surface area contributed by atoms with Gasteiger partial charge in [0.2, 0.25) is 0 Å². The first-order valence-electron chi connectivity index (χ1n) is 4.32. The standard InChI is InChI=1S/C10H13BrO/c1-10(2)9(12-10)7-3-5-8(11)6-4-7/h3,5,9H,4,6H2,1-2H3. The van der Waals surface area contributed by atoms with Crippen molar-refractivity contribution in [3.05, 3.63) is 22.2 Å². The molecule has 0 bridgehead atoms. The molecule has 0 aromatic carbocycles. The fourth-order valence-electron chi connectivity index (χ4n) is 1.64. The molecule has 1 heterocycles. The van der Waals surface area contributed by atoms with E-state index in [4.69, 9.17) is 4.74 Å². The molecule has 1 saturated heterocycles. The average molecular weight is 229 g/mol. The summed E-state index contributed by atoms with van der Waals surface area (Å²) in [7, 11) is 0. The van der Waals surface area contributed by atoms with Gasteiger partial charge in [-0.05, 0) is 36.7 Å². The summed E-state index contributed by atoms with van der Waals surface area (Å²) in [5.74, 6) is 0. The Balaban J connectivity index is 2.08. The van der Waals surface area contributed by atoms with Crippen LogP contribution >= 0.6 is 15.9 Å². The van der Waals surface area contributed by atoms with Crippen LogP contribution in [0.25, 0.3) is 0 Å². The summed E-state index contributed by atoms with van der Waals surface area (Å²) >= 11 is 3.49. The molecule has 1 unspecified atom stereocenters. The zero-order valence-corrected chi connectivity index (χ0v) is 9.02. The average Bonchev–Trinajstić information content (AvgIpc) is 2.61. The number of allylic oxidation sites excluding steroid dienone is 3. The maximum Gasteiger partial charge on any atom is 0.108 e. The first-order chi connectivity index (χ1) is 5.59. The lowest BCUT2D eigenvalue weighted by molar-refractivity contribution is 0.330. The molecule has 1 fully saturated rings. The predicted molar refractivity (Wildman–Crippen MR) is 53.3 cm³/mol. The van der Waals surface area contributed by atoms with Crippen molar-refractivity contribution >= 4 is 15.9 Å². The second-order valence-corrected chi connectivity index (χ2v) is 4.98. The molecule has 0 N–H and O–H groups in total. The molecule has 1 aliphatic heterocycles. The minimum atomic E-state index is 0.101. The minimum absolute atomic E-state index is 0.101. The fraction of sp³-hybridized carbons (Fsp3) is 0.600. The van der Waals surface area contributed by atoms with Crippen molar-refractivity contribution in [3.8, 4) is 0 Å². The molecule has 2 rings (SSSR count).